The van der Waals surface area contributed by atoms with Gasteiger partial charge in [0.15, 0.2) is 9.90 Å². The molecule has 0 aliphatic carbocycles. The molecule has 1 atom stereocenters. The molecule has 0 saturated carbocycles. The minimum atomic E-state index is -3.86. The molecule has 0 aliphatic rings. The first kappa shape index (κ1) is 15.0. The number of carbonyl (C=O) groups is 1. The van der Waals surface area contributed by atoms with Gasteiger partial charge in [0, 0.05) is 13.2 Å². The second-order valence-electron chi connectivity index (χ2n) is 3.76. The summed E-state index contributed by atoms with van der Waals surface area (Å²) in [6.45, 7) is 1.90. The molecule has 102 valence electrons. The van der Waals surface area contributed by atoms with Crippen LogP contribution in [0.2, 0.25) is 0 Å². The number of aliphatic hydroxyl groups excluding tert-OH is 1. The van der Waals surface area contributed by atoms with Crippen LogP contribution in [0.25, 0.3) is 0 Å². The number of aromatic nitrogens is 1. The van der Waals surface area contributed by atoms with Crippen molar-refractivity contribution < 1.29 is 23.4 Å². The fourth-order valence-corrected chi connectivity index (χ4v) is 3.56. The van der Waals surface area contributed by atoms with Crippen LogP contribution >= 0.6 is 11.3 Å². The lowest BCUT2D eigenvalue weighted by Crippen LogP contribution is -2.29. The SMILES string of the molecule is CC(CCO)CNS(=O)(=O)c1scnc1C(=O)O. The van der Waals surface area contributed by atoms with E-state index in [2.05, 4.69) is 9.71 Å². The van der Waals surface area contributed by atoms with Crippen molar-refractivity contribution in [3.63, 3.8) is 0 Å². The Labute approximate surface area is 109 Å². The fraction of sp³-hybridized carbons (Fsp3) is 0.556. The van der Waals surface area contributed by atoms with Gasteiger partial charge in [0.1, 0.15) is 0 Å². The normalized spacial score (nSPS) is 13.4. The van der Waals surface area contributed by atoms with Crippen molar-refractivity contribution in [3.05, 3.63) is 11.2 Å². The zero-order chi connectivity index (χ0) is 13.8. The van der Waals surface area contributed by atoms with E-state index in [1.807, 2.05) is 0 Å². The van der Waals surface area contributed by atoms with E-state index in [0.29, 0.717) is 6.42 Å². The van der Waals surface area contributed by atoms with Crippen molar-refractivity contribution in [3.8, 4) is 0 Å². The number of hydrogen-bond donors (Lipinski definition) is 3. The van der Waals surface area contributed by atoms with Crippen LogP contribution in [0.4, 0.5) is 0 Å². The predicted molar refractivity (Wildman–Crippen MR) is 65.1 cm³/mol. The molecule has 3 N–H and O–H groups in total. The molecule has 0 saturated heterocycles. The van der Waals surface area contributed by atoms with Gasteiger partial charge in [-0.15, -0.1) is 11.3 Å². The number of sulfonamides is 1. The smallest absolute Gasteiger partial charge is 0.356 e. The van der Waals surface area contributed by atoms with Gasteiger partial charge in [0.2, 0.25) is 0 Å². The number of nitrogens with zero attached hydrogens (tertiary/aromatic N) is 1. The quantitative estimate of drug-likeness (QED) is 0.658. The second-order valence-corrected chi connectivity index (χ2v) is 6.58. The molecule has 0 fully saturated rings. The monoisotopic (exact) mass is 294 g/mol. The largest absolute Gasteiger partial charge is 0.476 e. The van der Waals surface area contributed by atoms with Crippen molar-refractivity contribution in [1.29, 1.82) is 0 Å². The van der Waals surface area contributed by atoms with E-state index in [1.54, 1.807) is 6.92 Å². The van der Waals surface area contributed by atoms with E-state index in [0.717, 1.165) is 11.3 Å². The van der Waals surface area contributed by atoms with Gasteiger partial charge >= 0.3 is 5.97 Å². The van der Waals surface area contributed by atoms with Crippen LogP contribution in [-0.2, 0) is 10.0 Å². The van der Waals surface area contributed by atoms with Gasteiger partial charge in [-0.3, -0.25) is 0 Å². The lowest BCUT2D eigenvalue weighted by molar-refractivity contribution is 0.0687. The van der Waals surface area contributed by atoms with Crippen LogP contribution in [0.15, 0.2) is 9.72 Å². The summed E-state index contributed by atoms with van der Waals surface area (Å²) < 4.78 is 25.7. The van der Waals surface area contributed by atoms with Crippen LogP contribution < -0.4 is 4.72 Å². The third-order valence-electron chi connectivity index (χ3n) is 2.23. The van der Waals surface area contributed by atoms with E-state index in [-0.39, 0.29) is 23.3 Å². The number of carboxylic acid groups (broad SMARTS) is 1. The first-order valence-electron chi connectivity index (χ1n) is 5.15. The fourth-order valence-electron chi connectivity index (χ4n) is 1.21. The average Bonchev–Trinajstić information content (AvgIpc) is 2.76. The summed E-state index contributed by atoms with van der Waals surface area (Å²) in [7, 11) is -3.86. The first-order chi connectivity index (χ1) is 8.38. The second kappa shape index (κ2) is 6.23. The average molecular weight is 294 g/mol. The van der Waals surface area contributed by atoms with Gasteiger partial charge in [-0.05, 0) is 12.3 Å². The number of carboxylic acids is 1. The molecule has 1 aromatic heterocycles. The molecule has 0 spiro atoms. The van der Waals surface area contributed by atoms with E-state index in [1.165, 1.54) is 5.51 Å². The van der Waals surface area contributed by atoms with Gasteiger partial charge in [-0.2, -0.15) is 0 Å². The summed E-state index contributed by atoms with van der Waals surface area (Å²) >= 11 is 0.758. The van der Waals surface area contributed by atoms with E-state index in [9.17, 15) is 13.2 Å². The van der Waals surface area contributed by atoms with Gasteiger partial charge in [-0.1, -0.05) is 6.92 Å². The van der Waals surface area contributed by atoms with Crippen LogP contribution in [0, 0.1) is 5.92 Å². The highest BCUT2D eigenvalue weighted by atomic mass is 32.2. The van der Waals surface area contributed by atoms with Crippen LogP contribution in [-0.4, -0.2) is 42.7 Å². The lowest BCUT2D eigenvalue weighted by Gasteiger charge is -2.10. The molecule has 0 radical (unpaired) electrons. The van der Waals surface area contributed by atoms with Gasteiger partial charge in [0.25, 0.3) is 10.0 Å². The highest BCUT2D eigenvalue weighted by Crippen LogP contribution is 2.19. The molecule has 1 unspecified atom stereocenters. The topological polar surface area (TPSA) is 117 Å². The molecule has 0 amide bonds. The number of thiazole rings is 1. The molecule has 18 heavy (non-hydrogen) atoms. The number of rotatable bonds is 7. The summed E-state index contributed by atoms with van der Waals surface area (Å²) in [6.07, 6.45) is 0.469. The standard InChI is InChI=1S/C9H14N2O5S2/c1-6(2-3-12)4-11-18(15,16)9-7(8(13)14)10-5-17-9/h5-6,11-12H,2-4H2,1H3,(H,13,14). The first-order valence-corrected chi connectivity index (χ1v) is 7.52. The Morgan fingerprint density at radius 1 is 1.61 bits per heavy atom. The third-order valence-corrected chi connectivity index (χ3v) is 5.02. The highest BCUT2D eigenvalue weighted by molar-refractivity contribution is 7.91. The number of aromatic carboxylic acids is 1. The maximum absolute atomic E-state index is 11.9. The Morgan fingerprint density at radius 2 is 2.28 bits per heavy atom. The molecule has 0 aromatic carbocycles. The summed E-state index contributed by atoms with van der Waals surface area (Å²) in [5, 5.41) is 17.5. The third kappa shape index (κ3) is 3.73. The van der Waals surface area contributed by atoms with Crippen LogP contribution in [0.3, 0.4) is 0 Å². The molecular weight excluding hydrogens is 280 g/mol. The summed E-state index contributed by atoms with van der Waals surface area (Å²) in [4.78, 5) is 14.3. The van der Waals surface area contributed by atoms with Crippen molar-refractivity contribution in [1.82, 2.24) is 9.71 Å². The summed E-state index contributed by atoms with van der Waals surface area (Å²) in [5.41, 5.74) is 0.706. The van der Waals surface area contributed by atoms with Crippen molar-refractivity contribution >= 4 is 27.3 Å². The van der Waals surface area contributed by atoms with E-state index < -0.39 is 21.7 Å². The maximum atomic E-state index is 11.9. The highest BCUT2D eigenvalue weighted by Gasteiger charge is 2.25. The Balaban J connectivity index is 2.80. The van der Waals surface area contributed by atoms with Crippen molar-refractivity contribution in [2.75, 3.05) is 13.2 Å². The zero-order valence-electron chi connectivity index (χ0n) is 9.66. The molecule has 1 rings (SSSR count). The Kier molecular flexibility index (Phi) is 5.20. The molecular formula is C9H14N2O5S2. The van der Waals surface area contributed by atoms with Crippen molar-refractivity contribution in [2.45, 2.75) is 17.6 Å². The number of aliphatic hydroxyl groups is 1. The molecule has 0 bridgehead atoms. The number of nitrogens with one attached hydrogen (secondary N) is 1. The Hall–Kier alpha value is -1.03. The Bertz CT molecular complexity index is 511. The lowest BCUT2D eigenvalue weighted by atomic mass is 10.1. The molecule has 1 heterocycles. The molecule has 7 nitrogen and oxygen atoms in total. The van der Waals surface area contributed by atoms with Gasteiger partial charge < -0.3 is 10.2 Å². The Morgan fingerprint density at radius 3 is 2.83 bits per heavy atom. The molecule has 1 aromatic rings. The van der Waals surface area contributed by atoms with Crippen molar-refractivity contribution in [2.24, 2.45) is 5.92 Å². The van der Waals surface area contributed by atoms with Crippen LogP contribution in [0.1, 0.15) is 23.8 Å². The van der Waals surface area contributed by atoms with Gasteiger partial charge in [0.05, 0.1) is 5.51 Å². The maximum Gasteiger partial charge on any atom is 0.356 e. The zero-order valence-corrected chi connectivity index (χ0v) is 11.3. The summed E-state index contributed by atoms with van der Waals surface area (Å²) in [6, 6.07) is 0. The van der Waals surface area contributed by atoms with E-state index >= 15 is 0 Å². The predicted octanol–water partition coefficient (Wildman–Crippen LogP) is 0.138. The van der Waals surface area contributed by atoms with E-state index in [4.69, 9.17) is 10.2 Å². The molecule has 0 aliphatic heterocycles. The molecule has 9 heteroatoms. The number of hydrogen-bond acceptors (Lipinski definition) is 6. The summed E-state index contributed by atoms with van der Waals surface area (Å²) in [5.74, 6) is -1.41. The minimum absolute atomic E-state index is 0.0240. The van der Waals surface area contributed by atoms with Gasteiger partial charge in [-0.25, -0.2) is 22.9 Å². The van der Waals surface area contributed by atoms with Crippen LogP contribution in [0.5, 0.6) is 0 Å². The minimum Gasteiger partial charge on any atom is -0.476 e.